The molecule has 2 N–H and O–H groups in total. The zero-order chi connectivity index (χ0) is 11.9. The molecule has 1 heterocycles. The lowest BCUT2D eigenvalue weighted by Gasteiger charge is -2.54. The second-order valence-corrected chi connectivity index (χ2v) is 6.13. The van der Waals surface area contributed by atoms with Crippen LogP contribution in [-0.4, -0.2) is 38.9 Å². The van der Waals surface area contributed by atoms with E-state index in [2.05, 4.69) is 39.6 Å². The Labute approximate surface area is 93.2 Å². The van der Waals surface area contributed by atoms with Gasteiger partial charge in [0.1, 0.15) is 0 Å². The molecule has 1 rings (SSSR count). The minimum absolute atomic E-state index is 0.114. The molecule has 0 aromatic rings. The van der Waals surface area contributed by atoms with Gasteiger partial charge in [-0.2, -0.15) is 0 Å². The summed E-state index contributed by atoms with van der Waals surface area (Å²) in [6, 6.07) is 0. The van der Waals surface area contributed by atoms with Crippen molar-refractivity contribution in [1.82, 2.24) is 4.90 Å². The third kappa shape index (κ3) is 2.69. The molecule has 4 nitrogen and oxygen atoms in total. The average molecular weight is 235 g/mol. The molecule has 1 aliphatic heterocycles. The van der Waals surface area contributed by atoms with E-state index in [0.29, 0.717) is 0 Å². The molecule has 1 aliphatic rings. The summed E-state index contributed by atoms with van der Waals surface area (Å²) in [6.45, 7) is 8.56. The fourth-order valence-corrected chi connectivity index (χ4v) is 2.89. The van der Waals surface area contributed by atoms with Crippen LogP contribution in [0.2, 0.25) is 0 Å². The zero-order valence-corrected chi connectivity index (χ0v) is 11.1. The summed E-state index contributed by atoms with van der Waals surface area (Å²) in [4.78, 5) is 20.1. The minimum Gasteiger partial charge on any atom is -0.328 e. The Morgan fingerprint density at radius 3 is 2.27 bits per heavy atom. The fraction of sp³-hybridized carbons (Fsp3) is 1.00. The minimum atomic E-state index is -2.26. The Morgan fingerprint density at radius 1 is 1.27 bits per heavy atom. The van der Waals surface area contributed by atoms with Crippen LogP contribution in [0.5, 0.6) is 0 Å². The van der Waals surface area contributed by atoms with Crippen LogP contribution >= 0.6 is 8.60 Å². The lowest BCUT2D eigenvalue weighted by molar-refractivity contribution is -0.0813. The molecule has 0 spiro atoms. The molecule has 1 atom stereocenters. The predicted octanol–water partition coefficient (Wildman–Crippen LogP) is 1.87. The van der Waals surface area contributed by atoms with Crippen molar-refractivity contribution >= 4 is 8.60 Å². The Balaban J connectivity index is 2.79. The first-order valence-corrected chi connectivity index (χ1v) is 6.43. The van der Waals surface area contributed by atoms with Crippen molar-refractivity contribution in [2.24, 2.45) is 0 Å². The van der Waals surface area contributed by atoms with Gasteiger partial charge < -0.3 is 14.3 Å². The van der Waals surface area contributed by atoms with E-state index in [1.807, 2.05) is 0 Å². The molecule has 0 aromatic heterocycles. The van der Waals surface area contributed by atoms with Gasteiger partial charge in [0, 0.05) is 11.1 Å². The van der Waals surface area contributed by atoms with Gasteiger partial charge in [0.15, 0.2) is 0 Å². The van der Waals surface area contributed by atoms with Gasteiger partial charge in [-0.1, -0.05) is 0 Å². The Morgan fingerprint density at radius 2 is 1.80 bits per heavy atom. The molecule has 1 saturated heterocycles. The lowest BCUT2D eigenvalue weighted by Crippen LogP contribution is -2.62. The van der Waals surface area contributed by atoms with E-state index in [-0.39, 0.29) is 17.2 Å². The Bertz CT molecular complexity index is 231. The van der Waals surface area contributed by atoms with Gasteiger partial charge in [-0.15, -0.1) is 0 Å². The molecular weight excluding hydrogens is 213 g/mol. The normalized spacial score (nSPS) is 30.8. The maximum absolute atomic E-state index is 8.93. The number of likely N-dealkylation sites (tertiary alicyclic amines) is 1. The first kappa shape index (κ1) is 13.3. The van der Waals surface area contributed by atoms with Crippen molar-refractivity contribution in [2.45, 2.75) is 57.7 Å². The monoisotopic (exact) mass is 235 g/mol. The van der Waals surface area contributed by atoms with Crippen LogP contribution in [0.3, 0.4) is 0 Å². The lowest BCUT2D eigenvalue weighted by atomic mass is 9.78. The maximum Gasteiger partial charge on any atom is 0.327 e. The van der Waals surface area contributed by atoms with Crippen LogP contribution in [0.1, 0.15) is 40.5 Å². The van der Waals surface area contributed by atoms with E-state index in [9.17, 15) is 0 Å². The topological polar surface area (TPSA) is 52.9 Å². The number of hydrogen-bond donors (Lipinski definition) is 2. The Hall–Kier alpha value is 0.270. The number of hydrogen-bond acceptors (Lipinski definition) is 4. The van der Waals surface area contributed by atoms with Crippen LogP contribution < -0.4 is 0 Å². The van der Waals surface area contributed by atoms with E-state index >= 15 is 0 Å². The van der Waals surface area contributed by atoms with Crippen molar-refractivity contribution < 1.29 is 14.3 Å². The van der Waals surface area contributed by atoms with Crippen LogP contribution in [0.15, 0.2) is 0 Å². The SMILES string of the molecule is CN1C(C)(C)CCC(OP(O)O)C1(C)C. The van der Waals surface area contributed by atoms with Crippen LogP contribution in [0.4, 0.5) is 0 Å². The van der Waals surface area contributed by atoms with E-state index in [0.717, 1.165) is 12.8 Å². The fourth-order valence-electron chi connectivity index (χ4n) is 2.30. The average Bonchev–Trinajstić information content (AvgIpc) is 2.08. The molecule has 0 saturated carbocycles. The van der Waals surface area contributed by atoms with Crippen LogP contribution in [-0.2, 0) is 4.52 Å². The number of rotatable bonds is 2. The summed E-state index contributed by atoms with van der Waals surface area (Å²) in [5.41, 5.74) is -0.0369. The second kappa shape index (κ2) is 4.27. The first-order valence-electron chi connectivity index (χ1n) is 5.26. The van der Waals surface area contributed by atoms with Crippen molar-refractivity contribution in [3.05, 3.63) is 0 Å². The highest BCUT2D eigenvalue weighted by atomic mass is 31.2. The summed E-state index contributed by atoms with van der Waals surface area (Å²) in [5.74, 6) is 0. The van der Waals surface area contributed by atoms with Crippen molar-refractivity contribution in [1.29, 1.82) is 0 Å². The van der Waals surface area contributed by atoms with Gasteiger partial charge in [-0.05, 0) is 47.6 Å². The highest BCUT2D eigenvalue weighted by molar-refractivity contribution is 7.39. The summed E-state index contributed by atoms with van der Waals surface area (Å²) >= 11 is 0. The summed E-state index contributed by atoms with van der Waals surface area (Å²) in [6.07, 6.45) is 1.75. The van der Waals surface area contributed by atoms with Gasteiger partial charge in [0.05, 0.1) is 6.10 Å². The standard InChI is InChI=1S/C10H22NO3P/c1-9(2)7-6-8(14-15(12)13)10(3,4)11(9)5/h8,12-13H,6-7H2,1-5H3. The quantitative estimate of drug-likeness (QED) is 0.717. The summed E-state index contributed by atoms with van der Waals surface area (Å²) in [7, 11) is -0.196. The van der Waals surface area contributed by atoms with Crippen molar-refractivity contribution in [2.75, 3.05) is 7.05 Å². The predicted molar refractivity (Wildman–Crippen MR) is 61.4 cm³/mol. The van der Waals surface area contributed by atoms with Crippen LogP contribution in [0.25, 0.3) is 0 Å². The third-order valence-electron chi connectivity index (χ3n) is 3.80. The Kier molecular flexibility index (Phi) is 3.79. The van der Waals surface area contributed by atoms with E-state index in [1.54, 1.807) is 0 Å². The molecular formula is C10H22NO3P. The molecule has 0 bridgehead atoms. The molecule has 15 heavy (non-hydrogen) atoms. The zero-order valence-electron chi connectivity index (χ0n) is 10.2. The van der Waals surface area contributed by atoms with Gasteiger partial charge in [0.25, 0.3) is 0 Å². The van der Waals surface area contributed by atoms with E-state index in [1.165, 1.54) is 0 Å². The highest BCUT2D eigenvalue weighted by Gasteiger charge is 2.46. The molecule has 0 aromatic carbocycles. The molecule has 0 amide bonds. The van der Waals surface area contributed by atoms with Gasteiger partial charge >= 0.3 is 8.60 Å². The smallest absolute Gasteiger partial charge is 0.327 e. The number of nitrogens with zero attached hydrogens (tertiary/aromatic N) is 1. The third-order valence-corrected chi connectivity index (χ3v) is 4.24. The number of piperidine rings is 1. The van der Waals surface area contributed by atoms with Gasteiger partial charge in [-0.25, -0.2) is 0 Å². The molecule has 5 heteroatoms. The summed E-state index contributed by atoms with van der Waals surface area (Å²) in [5, 5.41) is 0. The molecule has 0 radical (unpaired) electrons. The van der Waals surface area contributed by atoms with Gasteiger partial charge in [0.2, 0.25) is 0 Å². The van der Waals surface area contributed by atoms with Crippen molar-refractivity contribution in [3.63, 3.8) is 0 Å². The van der Waals surface area contributed by atoms with E-state index < -0.39 is 8.60 Å². The largest absolute Gasteiger partial charge is 0.328 e. The first-order chi connectivity index (χ1) is 6.68. The second-order valence-electron chi connectivity index (χ2n) is 5.41. The maximum atomic E-state index is 8.93. The molecule has 0 aliphatic carbocycles. The molecule has 1 unspecified atom stereocenters. The van der Waals surface area contributed by atoms with Crippen molar-refractivity contribution in [3.8, 4) is 0 Å². The summed E-state index contributed by atoms with van der Waals surface area (Å²) < 4.78 is 5.20. The molecule has 90 valence electrons. The number of likely N-dealkylation sites (N-methyl/N-ethyl adjacent to an activating group) is 1. The van der Waals surface area contributed by atoms with Gasteiger partial charge in [-0.3, -0.25) is 4.90 Å². The molecule has 1 fully saturated rings. The van der Waals surface area contributed by atoms with E-state index in [4.69, 9.17) is 14.3 Å². The highest BCUT2D eigenvalue weighted by Crippen LogP contribution is 2.42. The van der Waals surface area contributed by atoms with Crippen LogP contribution in [0, 0.1) is 0 Å².